The van der Waals surface area contributed by atoms with Gasteiger partial charge in [0.1, 0.15) is 12.1 Å². The van der Waals surface area contributed by atoms with Crippen LogP contribution in [0.1, 0.15) is 19.5 Å². The van der Waals surface area contributed by atoms with Crippen molar-refractivity contribution in [3.8, 4) is 0 Å². The molecular formula is C9H14Cl2N4O2. The molecule has 96 valence electrons. The minimum Gasteiger partial charge on any atom is -0.396 e. The lowest BCUT2D eigenvalue weighted by molar-refractivity contribution is 0.101. The molecule has 8 heteroatoms. The van der Waals surface area contributed by atoms with Gasteiger partial charge in [0.05, 0.1) is 12.0 Å². The minimum absolute atomic E-state index is 0. The van der Waals surface area contributed by atoms with E-state index in [1.165, 1.54) is 11.2 Å². The van der Waals surface area contributed by atoms with Crippen LogP contribution in [-0.4, -0.2) is 26.5 Å². The van der Waals surface area contributed by atoms with Gasteiger partial charge in [-0.25, -0.2) is 4.98 Å². The van der Waals surface area contributed by atoms with Gasteiger partial charge in [0, 0.05) is 0 Å². The number of nitrogens with one attached hydrogen (secondary N) is 1. The molecule has 17 heavy (non-hydrogen) atoms. The molecule has 2 aromatic rings. The quantitative estimate of drug-likeness (QED) is 0.910. The summed E-state index contributed by atoms with van der Waals surface area (Å²) in [7, 11) is 0. The average molecular weight is 281 g/mol. The number of aromatic amines is 1. The summed E-state index contributed by atoms with van der Waals surface area (Å²) in [6, 6.07) is 0. The summed E-state index contributed by atoms with van der Waals surface area (Å²) in [5.74, 6) is 0. The monoisotopic (exact) mass is 280 g/mol. The minimum atomic E-state index is -0.236. The van der Waals surface area contributed by atoms with Gasteiger partial charge in [0.25, 0.3) is 5.56 Å². The molecule has 1 N–H and O–H groups in total. The molecule has 2 heterocycles. The highest BCUT2D eigenvalue weighted by atomic mass is 35.5. The van der Waals surface area contributed by atoms with Gasteiger partial charge in [-0.2, -0.15) is 0 Å². The number of fused-ring (bicyclic) bond motifs is 1. The zero-order valence-electron chi connectivity index (χ0n) is 9.47. The number of hydrogen-bond acceptors (Lipinski definition) is 4. The second-order valence-corrected chi connectivity index (χ2v) is 3.02. The molecule has 0 aromatic carbocycles. The number of nitrogens with zero attached hydrogens (tertiary/aromatic N) is 3. The molecule has 0 unspecified atom stereocenters. The molecule has 0 aliphatic carbocycles. The van der Waals surface area contributed by atoms with Gasteiger partial charge in [0.2, 0.25) is 0 Å². The van der Waals surface area contributed by atoms with E-state index < -0.39 is 0 Å². The van der Waals surface area contributed by atoms with Crippen LogP contribution in [0, 0.1) is 0 Å². The number of aromatic nitrogens is 4. The van der Waals surface area contributed by atoms with Crippen molar-refractivity contribution in [3.63, 3.8) is 0 Å². The van der Waals surface area contributed by atoms with E-state index in [1.54, 1.807) is 0 Å². The maximum Gasteiger partial charge on any atom is 0.280 e. The Bertz CT molecular complexity index is 537. The first-order chi connectivity index (χ1) is 7.27. The van der Waals surface area contributed by atoms with E-state index in [0.29, 0.717) is 24.1 Å². The molecule has 0 fully saturated rings. The van der Waals surface area contributed by atoms with Crippen LogP contribution in [0.5, 0.6) is 0 Å². The standard InChI is InChI=1S/C9H12N4O2.2ClH/c1-3-6-7-8(9(14)11-5-10-7)13(12-6)15-4-2;;/h5H,3-4H2,1-2H3,(H,10,11,14);2*1H. The summed E-state index contributed by atoms with van der Waals surface area (Å²) in [6.07, 6.45) is 2.09. The Kier molecular flexibility index (Phi) is 5.98. The molecule has 0 radical (unpaired) electrons. The lowest BCUT2D eigenvalue weighted by Gasteiger charge is -2.00. The second-order valence-electron chi connectivity index (χ2n) is 3.02. The van der Waals surface area contributed by atoms with Crippen LogP contribution in [0.4, 0.5) is 0 Å². The summed E-state index contributed by atoms with van der Waals surface area (Å²) in [5, 5.41) is 4.17. The molecule has 2 rings (SSSR count). The number of hydrogen-bond donors (Lipinski definition) is 1. The predicted octanol–water partition coefficient (Wildman–Crippen LogP) is 0.974. The lowest BCUT2D eigenvalue weighted by Crippen LogP contribution is -2.18. The number of aryl methyl sites for hydroxylation is 1. The Morgan fingerprint density at radius 1 is 1.41 bits per heavy atom. The Labute approximate surface area is 110 Å². The second kappa shape index (κ2) is 6.46. The van der Waals surface area contributed by atoms with Crippen LogP contribution >= 0.6 is 24.8 Å². The molecule has 0 spiro atoms. The van der Waals surface area contributed by atoms with Crippen LogP contribution in [-0.2, 0) is 6.42 Å². The van der Waals surface area contributed by atoms with Crippen molar-refractivity contribution >= 4 is 35.8 Å². The first kappa shape index (κ1) is 15.7. The van der Waals surface area contributed by atoms with Gasteiger partial charge in [-0.15, -0.1) is 29.9 Å². The third-order valence-corrected chi connectivity index (χ3v) is 2.09. The molecular weight excluding hydrogens is 267 g/mol. The third-order valence-electron chi connectivity index (χ3n) is 2.09. The van der Waals surface area contributed by atoms with Crippen molar-refractivity contribution < 1.29 is 4.84 Å². The Balaban J connectivity index is 0.00000128. The van der Waals surface area contributed by atoms with Crippen LogP contribution in [0.2, 0.25) is 0 Å². The van der Waals surface area contributed by atoms with E-state index in [9.17, 15) is 4.79 Å². The fraction of sp³-hybridized carbons (Fsp3) is 0.444. The van der Waals surface area contributed by atoms with Crippen molar-refractivity contribution in [2.45, 2.75) is 20.3 Å². The topological polar surface area (TPSA) is 72.8 Å². The van der Waals surface area contributed by atoms with E-state index in [0.717, 1.165) is 5.69 Å². The predicted molar refractivity (Wildman–Crippen MR) is 69.1 cm³/mol. The number of halogens is 2. The Morgan fingerprint density at radius 3 is 2.71 bits per heavy atom. The molecule has 0 saturated carbocycles. The summed E-state index contributed by atoms with van der Waals surface area (Å²) in [5.41, 5.74) is 1.51. The molecule has 0 bridgehead atoms. The van der Waals surface area contributed by atoms with Crippen molar-refractivity contribution in [2.24, 2.45) is 0 Å². The van der Waals surface area contributed by atoms with E-state index in [4.69, 9.17) is 4.84 Å². The van der Waals surface area contributed by atoms with Gasteiger partial charge in [-0.05, 0) is 13.3 Å². The first-order valence-corrected chi connectivity index (χ1v) is 4.86. The zero-order valence-corrected chi connectivity index (χ0v) is 11.1. The molecule has 0 saturated heterocycles. The van der Waals surface area contributed by atoms with Gasteiger partial charge >= 0.3 is 0 Å². The molecule has 0 aliphatic rings. The van der Waals surface area contributed by atoms with E-state index in [1.807, 2.05) is 13.8 Å². The number of rotatable bonds is 3. The van der Waals surface area contributed by atoms with E-state index in [-0.39, 0.29) is 30.4 Å². The van der Waals surface area contributed by atoms with E-state index in [2.05, 4.69) is 15.1 Å². The Morgan fingerprint density at radius 2 is 2.12 bits per heavy atom. The van der Waals surface area contributed by atoms with Crippen LogP contribution in [0.15, 0.2) is 11.1 Å². The molecule has 0 aliphatic heterocycles. The van der Waals surface area contributed by atoms with Gasteiger partial charge in [-0.1, -0.05) is 11.8 Å². The van der Waals surface area contributed by atoms with Crippen LogP contribution in [0.3, 0.4) is 0 Å². The molecule has 0 atom stereocenters. The third kappa shape index (κ3) is 2.70. The van der Waals surface area contributed by atoms with Gasteiger partial charge in [0.15, 0.2) is 5.52 Å². The lowest BCUT2D eigenvalue weighted by atomic mass is 10.3. The molecule has 2 aromatic heterocycles. The average Bonchev–Trinajstić information content (AvgIpc) is 2.59. The fourth-order valence-electron chi connectivity index (χ4n) is 1.44. The summed E-state index contributed by atoms with van der Waals surface area (Å²) in [4.78, 5) is 24.6. The highest BCUT2D eigenvalue weighted by Gasteiger charge is 2.13. The summed E-state index contributed by atoms with van der Waals surface area (Å²) in [6.45, 7) is 4.25. The number of H-pyrrole nitrogens is 1. The van der Waals surface area contributed by atoms with Crippen molar-refractivity contribution in [1.82, 2.24) is 19.9 Å². The van der Waals surface area contributed by atoms with Crippen molar-refractivity contribution in [3.05, 3.63) is 22.4 Å². The van der Waals surface area contributed by atoms with Crippen LogP contribution in [0.25, 0.3) is 11.0 Å². The fourth-order valence-corrected chi connectivity index (χ4v) is 1.44. The highest BCUT2D eigenvalue weighted by Crippen LogP contribution is 2.10. The van der Waals surface area contributed by atoms with Crippen LogP contribution < -0.4 is 10.4 Å². The van der Waals surface area contributed by atoms with Gasteiger partial charge < -0.3 is 9.82 Å². The zero-order chi connectivity index (χ0) is 10.8. The van der Waals surface area contributed by atoms with Crippen molar-refractivity contribution in [2.75, 3.05) is 6.61 Å². The van der Waals surface area contributed by atoms with E-state index >= 15 is 0 Å². The van der Waals surface area contributed by atoms with Gasteiger partial charge in [-0.3, -0.25) is 4.79 Å². The SMILES string of the molecule is CCOn1nc(CC)c2nc[nH]c(=O)c21.Cl.Cl. The maximum atomic E-state index is 11.6. The summed E-state index contributed by atoms with van der Waals surface area (Å²) >= 11 is 0. The smallest absolute Gasteiger partial charge is 0.280 e. The maximum absolute atomic E-state index is 11.6. The Hall–Kier alpha value is -1.27. The molecule has 6 nitrogen and oxygen atoms in total. The normalized spacial score (nSPS) is 9.53. The highest BCUT2D eigenvalue weighted by molar-refractivity contribution is 5.85. The summed E-state index contributed by atoms with van der Waals surface area (Å²) < 4.78 is 0. The molecule has 0 amide bonds. The van der Waals surface area contributed by atoms with Crippen molar-refractivity contribution in [1.29, 1.82) is 0 Å². The largest absolute Gasteiger partial charge is 0.396 e. The first-order valence-electron chi connectivity index (χ1n) is 4.86.